The molecule has 0 unspecified atom stereocenters. The van der Waals surface area contributed by atoms with Crippen molar-refractivity contribution < 1.29 is 0 Å². The first-order valence-electron chi connectivity index (χ1n) is 2.20. The molecule has 0 bridgehead atoms. The van der Waals surface area contributed by atoms with E-state index >= 15 is 0 Å². The number of nitrogens with zero attached hydrogens (tertiary/aromatic N) is 2. The van der Waals surface area contributed by atoms with E-state index in [2.05, 4.69) is 12.0 Å². The second-order valence-corrected chi connectivity index (χ2v) is 1.27. The van der Waals surface area contributed by atoms with Crippen molar-refractivity contribution in [3.8, 4) is 0 Å². The van der Waals surface area contributed by atoms with Crippen LogP contribution in [0, 0.1) is 6.92 Å². The summed E-state index contributed by atoms with van der Waals surface area (Å²) in [7, 11) is 0. The van der Waals surface area contributed by atoms with E-state index in [9.17, 15) is 0 Å². The van der Waals surface area contributed by atoms with Crippen LogP contribution in [0.25, 0.3) is 0 Å². The largest absolute Gasteiger partial charge is 0.273 e. The normalized spacial score (nSPS) is 9.29. The molecule has 1 radical (unpaired) electrons. The molecule has 1 aromatic heterocycles. The van der Waals surface area contributed by atoms with E-state index in [0.717, 1.165) is 0 Å². The highest BCUT2D eigenvalue weighted by atomic mass is 15.2. The number of rotatable bonds is 1. The summed E-state index contributed by atoms with van der Waals surface area (Å²) in [6, 6.07) is 1.88. The smallest absolute Gasteiger partial charge is 0.0489 e. The van der Waals surface area contributed by atoms with Gasteiger partial charge in [-0.2, -0.15) is 5.10 Å². The van der Waals surface area contributed by atoms with Crippen LogP contribution in [0.1, 0.15) is 0 Å². The zero-order valence-electron chi connectivity index (χ0n) is 4.04. The molecular weight excluding hydrogens is 88.1 g/mol. The quantitative estimate of drug-likeness (QED) is 0.502. The minimum Gasteiger partial charge on any atom is -0.273 e. The summed E-state index contributed by atoms with van der Waals surface area (Å²) in [5.41, 5.74) is 0. The van der Waals surface area contributed by atoms with Gasteiger partial charge in [-0.15, -0.1) is 0 Å². The zero-order chi connectivity index (χ0) is 5.11. The Morgan fingerprint density at radius 3 is 2.86 bits per heavy atom. The third-order valence-electron chi connectivity index (χ3n) is 0.788. The molecule has 1 rings (SSSR count). The number of hydrogen-bond donors (Lipinski definition) is 0. The molecule has 2 heteroatoms. The molecule has 0 aromatic carbocycles. The molecule has 7 heavy (non-hydrogen) atoms. The van der Waals surface area contributed by atoms with Gasteiger partial charge in [-0.05, 0) is 13.0 Å². The van der Waals surface area contributed by atoms with Crippen LogP contribution in [0.4, 0.5) is 0 Å². The fourth-order valence-electron chi connectivity index (χ4n) is 0.433. The lowest BCUT2D eigenvalue weighted by Gasteiger charge is -1.87. The summed E-state index contributed by atoms with van der Waals surface area (Å²) in [5, 5.41) is 3.89. The van der Waals surface area contributed by atoms with E-state index in [1.807, 2.05) is 12.3 Å². The fourth-order valence-corrected chi connectivity index (χ4v) is 0.433. The molecule has 0 saturated carbocycles. The van der Waals surface area contributed by atoms with Gasteiger partial charge in [-0.3, -0.25) is 4.68 Å². The molecule has 0 amide bonds. The minimum atomic E-state index is 0.715. The lowest BCUT2D eigenvalue weighted by Crippen LogP contribution is -1.91. The summed E-state index contributed by atoms with van der Waals surface area (Å²) in [6.45, 7) is 4.34. The minimum absolute atomic E-state index is 0.715. The number of hydrogen-bond acceptors (Lipinski definition) is 1. The van der Waals surface area contributed by atoms with E-state index in [0.29, 0.717) is 6.54 Å². The van der Waals surface area contributed by atoms with Crippen molar-refractivity contribution in [1.82, 2.24) is 9.78 Å². The van der Waals surface area contributed by atoms with Crippen molar-refractivity contribution >= 4 is 0 Å². The average Bonchev–Trinajstić information content (AvgIpc) is 2.14. The molecule has 2 nitrogen and oxygen atoms in total. The van der Waals surface area contributed by atoms with Crippen molar-refractivity contribution in [2.75, 3.05) is 0 Å². The van der Waals surface area contributed by atoms with Crippen LogP contribution in [0.15, 0.2) is 18.5 Å². The maximum Gasteiger partial charge on any atom is 0.0489 e. The van der Waals surface area contributed by atoms with Crippen molar-refractivity contribution in [3.63, 3.8) is 0 Å². The molecule has 0 N–H and O–H groups in total. The Morgan fingerprint density at radius 2 is 2.57 bits per heavy atom. The van der Waals surface area contributed by atoms with Crippen LogP contribution in [-0.4, -0.2) is 9.78 Å². The first kappa shape index (κ1) is 4.37. The molecule has 0 aliphatic rings. The third-order valence-corrected chi connectivity index (χ3v) is 0.788. The first-order valence-corrected chi connectivity index (χ1v) is 2.20. The van der Waals surface area contributed by atoms with E-state index in [1.54, 1.807) is 10.9 Å². The topological polar surface area (TPSA) is 17.8 Å². The van der Waals surface area contributed by atoms with Crippen molar-refractivity contribution in [1.29, 1.82) is 0 Å². The Hall–Kier alpha value is -0.790. The Morgan fingerprint density at radius 1 is 1.71 bits per heavy atom. The summed E-state index contributed by atoms with van der Waals surface area (Å²) in [4.78, 5) is 0. The van der Waals surface area contributed by atoms with Crippen molar-refractivity contribution in [3.05, 3.63) is 25.4 Å². The maximum atomic E-state index is 3.89. The van der Waals surface area contributed by atoms with E-state index in [-0.39, 0.29) is 0 Å². The van der Waals surface area contributed by atoms with Crippen LogP contribution in [0.5, 0.6) is 0 Å². The SMILES string of the molecule is [CH2]Cn1cccn1. The second-order valence-electron chi connectivity index (χ2n) is 1.27. The molecule has 37 valence electrons. The van der Waals surface area contributed by atoms with Crippen LogP contribution in [0.2, 0.25) is 0 Å². The van der Waals surface area contributed by atoms with E-state index in [1.165, 1.54) is 0 Å². The maximum absolute atomic E-state index is 3.89. The zero-order valence-corrected chi connectivity index (χ0v) is 4.04. The predicted octanol–water partition coefficient (Wildman–Crippen LogP) is 0.717. The highest BCUT2D eigenvalue weighted by molar-refractivity contribution is 4.77. The Kier molecular flexibility index (Phi) is 1.11. The molecule has 0 saturated heterocycles. The van der Waals surface area contributed by atoms with Gasteiger partial charge in [0.05, 0.1) is 0 Å². The van der Waals surface area contributed by atoms with E-state index < -0.39 is 0 Å². The van der Waals surface area contributed by atoms with Crippen LogP contribution < -0.4 is 0 Å². The Labute approximate surface area is 42.8 Å². The average molecular weight is 95.1 g/mol. The second kappa shape index (κ2) is 1.78. The van der Waals surface area contributed by atoms with Gasteiger partial charge in [0.1, 0.15) is 0 Å². The fraction of sp³-hybridized carbons (Fsp3) is 0.200. The standard InChI is InChI=1S/C5H7N2/c1-2-7-5-3-4-6-7/h3-5H,1-2H2. The molecule has 0 atom stereocenters. The first-order chi connectivity index (χ1) is 3.43. The van der Waals surface area contributed by atoms with Crippen LogP contribution >= 0.6 is 0 Å². The Bertz CT molecular complexity index is 121. The summed E-state index contributed by atoms with van der Waals surface area (Å²) in [6.07, 6.45) is 3.62. The summed E-state index contributed by atoms with van der Waals surface area (Å²) < 4.78 is 1.76. The molecule has 0 fully saturated rings. The molecule has 0 aliphatic carbocycles. The lowest BCUT2D eigenvalue weighted by molar-refractivity contribution is 0.699. The van der Waals surface area contributed by atoms with Crippen LogP contribution in [0.3, 0.4) is 0 Å². The highest BCUT2D eigenvalue weighted by Gasteiger charge is 1.77. The van der Waals surface area contributed by atoms with Crippen LogP contribution in [-0.2, 0) is 6.54 Å². The summed E-state index contributed by atoms with van der Waals surface area (Å²) >= 11 is 0. The monoisotopic (exact) mass is 95.1 g/mol. The van der Waals surface area contributed by atoms with Gasteiger partial charge >= 0.3 is 0 Å². The third kappa shape index (κ3) is 0.796. The molecule has 1 heterocycles. The van der Waals surface area contributed by atoms with Gasteiger partial charge < -0.3 is 0 Å². The van der Waals surface area contributed by atoms with Crippen molar-refractivity contribution in [2.24, 2.45) is 0 Å². The molecule has 0 aliphatic heterocycles. The van der Waals surface area contributed by atoms with E-state index in [4.69, 9.17) is 0 Å². The summed E-state index contributed by atoms with van der Waals surface area (Å²) in [5.74, 6) is 0. The molecule has 1 aromatic rings. The molecule has 0 spiro atoms. The van der Waals surface area contributed by atoms with Gasteiger partial charge in [0, 0.05) is 18.9 Å². The van der Waals surface area contributed by atoms with Crippen molar-refractivity contribution in [2.45, 2.75) is 6.54 Å². The lowest BCUT2D eigenvalue weighted by atomic mass is 10.7. The number of aromatic nitrogens is 2. The van der Waals surface area contributed by atoms with Gasteiger partial charge in [0.2, 0.25) is 0 Å². The van der Waals surface area contributed by atoms with Gasteiger partial charge in [-0.25, -0.2) is 0 Å². The molecular formula is C5H7N2. The predicted molar refractivity (Wildman–Crippen MR) is 27.6 cm³/mol. The highest BCUT2D eigenvalue weighted by Crippen LogP contribution is 1.79. The van der Waals surface area contributed by atoms with Gasteiger partial charge in [0.25, 0.3) is 0 Å². The van der Waals surface area contributed by atoms with Gasteiger partial charge in [0.15, 0.2) is 0 Å². The Balaban J connectivity index is 2.76. The van der Waals surface area contributed by atoms with Gasteiger partial charge in [-0.1, -0.05) is 0 Å².